The largest absolute Gasteiger partial charge is 0.350 e. The predicted molar refractivity (Wildman–Crippen MR) is 114 cm³/mol. The van der Waals surface area contributed by atoms with Crippen LogP contribution in [0, 0.1) is 11.7 Å². The Morgan fingerprint density at radius 2 is 1.81 bits per heavy atom. The zero-order chi connectivity index (χ0) is 22.4. The average molecular weight is 448 g/mol. The lowest BCUT2D eigenvalue weighted by atomic mass is 9.98. The van der Waals surface area contributed by atoms with E-state index in [1.165, 1.54) is 16.4 Å². The summed E-state index contributed by atoms with van der Waals surface area (Å²) in [5, 5.41) is 5.46. The maximum atomic E-state index is 13.1. The number of nitrogens with one attached hydrogen (secondary N) is 2. The predicted octanol–water partition coefficient (Wildman–Crippen LogP) is 2.05. The Bertz CT molecular complexity index is 1010. The summed E-state index contributed by atoms with van der Waals surface area (Å²) >= 11 is 0. The van der Waals surface area contributed by atoms with E-state index in [-0.39, 0.29) is 29.8 Å². The molecule has 2 aromatic rings. The van der Waals surface area contributed by atoms with E-state index < -0.39 is 27.8 Å². The Balaban J connectivity index is 1.56. The first kappa shape index (κ1) is 22.9. The minimum atomic E-state index is -3.82. The van der Waals surface area contributed by atoms with Crippen LogP contribution >= 0.6 is 0 Å². The molecule has 166 valence electrons. The molecule has 0 spiro atoms. The second-order valence-corrected chi connectivity index (χ2v) is 9.53. The number of halogens is 1. The van der Waals surface area contributed by atoms with E-state index >= 15 is 0 Å². The van der Waals surface area contributed by atoms with Crippen molar-refractivity contribution in [3.63, 3.8) is 0 Å². The lowest BCUT2D eigenvalue weighted by Gasteiger charge is -2.31. The van der Waals surface area contributed by atoms with Crippen LogP contribution in [0.1, 0.15) is 25.3 Å². The van der Waals surface area contributed by atoms with Crippen molar-refractivity contribution in [1.29, 1.82) is 0 Å². The van der Waals surface area contributed by atoms with Gasteiger partial charge in [0.15, 0.2) is 0 Å². The Labute approximate surface area is 181 Å². The number of carbonyl (C=O) groups is 2. The molecule has 31 heavy (non-hydrogen) atoms. The molecule has 1 saturated heterocycles. The molecule has 7 nitrogen and oxygen atoms in total. The fourth-order valence-corrected chi connectivity index (χ4v) is 4.99. The molecule has 1 heterocycles. The first-order chi connectivity index (χ1) is 14.8. The quantitative estimate of drug-likeness (QED) is 0.679. The molecule has 9 heteroatoms. The number of benzene rings is 2. The second kappa shape index (κ2) is 10.0. The minimum Gasteiger partial charge on any atom is -0.350 e. The molecule has 2 amide bonds. The van der Waals surface area contributed by atoms with E-state index in [0.29, 0.717) is 19.4 Å². The van der Waals surface area contributed by atoms with Crippen LogP contribution in [0.4, 0.5) is 4.39 Å². The minimum absolute atomic E-state index is 0.0105. The second-order valence-electron chi connectivity index (χ2n) is 7.59. The zero-order valence-corrected chi connectivity index (χ0v) is 18.1. The normalized spacial score (nSPS) is 18.2. The number of amides is 2. The van der Waals surface area contributed by atoms with E-state index in [1.54, 1.807) is 6.92 Å². The Hall–Kier alpha value is -2.78. The van der Waals surface area contributed by atoms with Crippen molar-refractivity contribution in [1.82, 2.24) is 14.9 Å². The molecule has 1 aliphatic heterocycles. The van der Waals surface area contributed by atoms with Crippen molar-refractivity contribution in [2.24, 2.45) is 5.92 Å². The van der Waals surface area contributed by atoms with Gasteiger partial charge in [-0.05, 0) is 49.6 Å². The third kappa shape index (κ3) is 5.89. The molecule has 0 saturated carbocycles. The van der Waals surface area contributed by atoms with Crippen molar-refractivity contribution in [2.75, 3.05) is 13.1 Å². The van der Waals surface area contributed by atoms with Gasteiger partial charge in [-0.15, -0.1) is 0 Å². The van der Waals surface area contributed by atoms with Gasteiger partial charge >= 0.3 is 0 Å². The molecule has 1 fully saturated rings. The molecule has 0 bridgehead atoms. The van der Waals surface area contributed by atoms with Gasteiger partial charge in [-0.1, -0.05) is 30.3 Å². The van der Waals surface area contributed by atoms with E-state index in [4.69, 9.17) is 0 Å². The molecule has 0 aliphatic carbocycles. The van der Waals surface area contributed by atoms with Gasteiger partial charge in [0, 0.05) is 19.6 Å². The number of rotatable bonds is 7. The smallest absolute Gasteiger partial charge is 0.243 e. The topological polar surface area (TPSA) is 95.6 Å². The summed E-state index contributed by atoms with van der Waals surface area (Å²) in [6.07, 6.45) is 1.05. The molecular formula is C22H26FN3O4S. The molecule has 0 radical (unpaired) electrons. The highest BCUT2D eigenvalue weighted by Gasteiger charge is 2.34. The third-order valence-electron chi connectivity index (χ3n) is 5.27. The molecule has 3 rings (SSSR count). The number of piperidine rings is 1. The molecule has 2 atom stereocenters. The summed E-state index contributed by atoms with van der Waals surface area (Å²) in [4.78, 5) is 25.0. The highest BCUT2D eigenvalue weighted by Crippen LogP contribution is 2.24. The van der Waals surface area contributed by atoms with E-state index in [0.717, 1.165) is 17.7 Å². The summed E-state index contributed by atoms with van der Waals surface area (Å²) < 4.78 is 40.0. The highest BCUT2D eigenvalue weighted by molar-refractivity contribution is 7.89. The van der Waals surface area contributed by atoms with Crippen molar-refractivity contribution in [3.05, 3.63) is 66.0 Å². The summed E-state index contributed by atoms with van der Waals surface area (Å²) in [6.45, 7) is 2.25. The van der Waals surface area contributed by atoms with Gasteiger partial charge in [-0.25, -0.2) is 12.8 Å². The molecule has 1 aliphatic rings. The van der Waals surface area contributed by atoms with Gasteiger partial charge in [-0.3, -0.25) is 9.59 Å². The van der Waals surface area contributed by atoms with Crippen LogP contribution in [0.25, 0.3) is 0 Å². The van der Waals surface area contributed by atoms with E-state index in [1.807, 2.05) is 30.3 Å². The third-order valence-corrected chi connectivity index (χ3v) is 7.15. The molecule has 2 aromatic carbocycles. The van der Waals surface area contributed by atoms with Gasteiger partial charge in [0.1, 0.15) is 11.9 Å². The van der Waals surface area contributed by atoms with Gasteiger partial charge in [0.05, 0.1) is 10.8 Å². The maximum Gasteiger partial charge on any atom is 0.243 e. The maximum absolute atomic E-state index is 13.1. The Kier molecular flexibility index (Phi) is 7.40. The summed E-state index contributed by atoms with van der Waals surface area (Å²) in [5.74, 6) is -1.76. The number of nitrogens with zero attached hydrogens (tertiary/aromatic N) is 1. The number of carbonyl (C=O) groups excluding carboxylic acids is 2. The van der Waals surface area contributed by atoms with Crippen molar-refractivity contribution in [2.45, 2.75) is 37.2 Å². The van der Waals surface area contributed by atoms with Crippen molar-refractivity contribution >= 4 is 21.8 Å². The molecule has 2 unspecified atom stereocenters. The van der Waals surface area contributed by atoms with Crippen LogP contribution in [0.3, 0.4) is 0 Å². The Morgan fingerprint density at radius 1 is 1.13 bits per heavy atom. The molecule has 2 N–H and O–H groups in total. The zero-order valence-electron chi connectivity index (χ0n) is 17.3. The fourth-order valence-electron chi connectivity index (χ4n) is 3.47. The SMILES string of the molecule is CC(NC(=O)C1CCCN(S(=O)(=O)c2ccc(F)cc2)C1)C(=O)NCc1ccccc1. The average Bonchev–Trinajstić information content (AvgIpc) is 2.78. The first-order valence-corrected chi connectivity index (χ1v) is 11.6. The fraction of sp³-hybridized carbons (Fsp3) is 0.364. The monoisotopic (exact) mass is 447 g/mol. The summed E-state index contributed by atoms with van der Waals surface area (Å²) in [6, 6.07) is 13.3. The van der Waals surface area contributed by atoms with Gasteiger partial charge in [-0.2, -0.15) is 4.31 Å². The van der Waals surface area contributed by atoms with E-state index in [9.17, 15) is 22.4 Å². The van der Waals surface area contributed by atoms with Crippen LogP contribution in [0.15, 0.2) is 59.5 Å². The van der Waals surface area contributed by atoms with Crippen LogP contribution in [-0.4, -0.2) is 43.7 Å². The lowest BCUT2D eigenvalue weighted by Crippen LogP contribution is -2.50. The number of sulfonamides is 1. The number of hydrogen-bond donors (Lipinski definition) is 2. The summed E-state index contributed by atoms with van der Waals surface area (Å²) in [5.41, 5.74) is 0.947. The van der Waals surface area contributed by atoms with E-state index in [2.05, 4.69) is 10.6 Å². The number of hydrogen-bond acceptors (Lipinski definition) is 4. The lowest BCUT2D eigenvalue weighted by molar-refractivity contribution is -0.131. The van der Waals surface area contributed by atoms with Crippen LogP contribution in [-0.2, 0) is 26.2 Å². The molecule has 0 aromatic heterocycles. The molecular weight excluding hydrogens is 421 g/mol. The van der Waals surface area contributed by atoms with Crippen LogP contribution in [0.5, 0.6) is 0 Å². The first-order valence-electron chi connectivity index (χ1n) is 10.1. The highest BCUT2D eigenvalue weighted by atomic mass is 32.2. The summed E-state index contributed by atoms with van der Waals surface area (Å²) in [7, 11) is -3.82. The van der Waals surface area contributed by atoms with Crippen molar-refractivity contribution < 1.29 is 22.4 Å². The Morgan fingerprint density at radius 3 is 2.48 bits per heavy atom. The van der Waals surface area contributed by atoms with Gasteiger partial charge in [0.2, 0.25) is 21.8 Å². The van der Waals surface area contributed by atoms with Crippen LogP contribution < -0.4 is 10.6 Å². The standard InChI is InChI=1S/C22H26FN3O4S/c1-16(21(27)24-14-17-6-3-2-4-7-17)25-22(28)18-8-5-13-26(15-18)31(29,30)20-11-9-19(23)10-12-20/h2-4,6-7,9-12,16,18H,5,8,13-15H2,1H3,(H,24,27)(H,25,28). The van der Waals surface area contributed by atoms with Crippen molar-refractivity contribution in [3.8, 4) is 0 Å². The van der Waals surface area contributed by atoms with Crippen LogP contribution in [0.2, 0.25) is 0 Å². The van der Waals surface area contributed by atoms with Gasteiger partial charge < -0.3 is 10.6 Å². The van der Waals surface area contributed by atoms with Gasteiger partial charge in [0.25, 0.3) is 0 Å².